The van der Waals surface area contributed by atoms with Crippen molar-refractivity contribution in [2.24, 2.45) is 0 Å². The molecule has 0 radical (unpaired) electrons. The Bertz CT molecular complexity index is 1340. The average molecular weight is 530 g/mol. The van der Waals surface area contributed by atoms with E-state index in [4.69, 9.17) is 9.15 Å². The van der Waals surface area contributed by atoms with Gasteiger partial charge in [-0.3, -0.25) is 0 Å². The van der Waals surface area contributed by atoms with Crippen molar-refractivity contribution in [3.8, 4) is 5.75 Å². The Kier molecular flexibility index (Phi) is 7.50. The Balaban J connectivity index is 1.18. The van der Waals surface area contributed by atoms with E-state index in [1.165, 1.54) is 85.1 Å². The highest BCUT2D eigenvalue weighted by Gasteiger charge is 2.30. The zero-order valence-corrected chi connectivity index (χ0v) is 23.9. The van der Waals surface area contributed by atoms with Crippen LogP contribution in [0.25, 0.3) is 17.2 Å². The maximum absolute atomic E-state index is 6.32. The first-order chi connectivity index (χ1) is 19.0. The van der Waals surface area contributed by atoms with Gasteiger partial charge in [-0.15, -0.1) is 0 Å². The average Bonchev–Trinajstić information content (AvgIpc) is 3.72. The molecule has 6 rings (SSSR count). The van der Waals surface area contributed by atoms with Crippen LogP contribution < -0.4 is 14.2 Å². The Morgan fingerprint density at radius 2 is 1.51 bits per heavy atom. The first kappa shape index (κ1) is 26.1. The van der Waals surface area contributed by atoms with Crippen LogP contribution in [-0.4, -0.2) is 68.9 Å². The normalized spacial score (nSPS) is 20.9. The van der Waals surface area contributed by atoms with Crippen LogP contribution in [-0.2, 0) is 6.54 Å². The number of para-hydroxylation sites is 4. The highest BCUT2D eigenvalue weighted by atomic mass is 16.5. The number of likely N-dealkylation sites (tertiary alicyclic amines) is 2. The molecule has 2 fully saturated rings. The van der Waals surface area contributed by atoms with Crippen molar-refractivity contribution in [1.82, 2.24) is 0 Å². The van der Waals surface area contributed by atoms with Crippen LogP contribution in [0, 0.1) is 0 Å². The Morgan fingerprint density at radius 1 is 0.846 bits per heavy atom. The van der Waals surface area contributed by atoms with Crippen molar-refractivity contribution in [3.05, 3.63) is 72.5 Å². The minimum absolute atomic E-state index is 0.894. The predicted octanol–water partition coefficient (Wildman–Crippen LogP) is 5.73. The van der Waals surface area contributed by atoms with Crippen LogP contribution in [0.2, 0.25) is 0 Å². The first-order valence-corrected chi connectivity index (χ1v) is 15.0. The number of nitrogens with zero attached hydrogens (tertiary/aromatic N) is 4. The molecule has 2 aromatic carbocycles. The molecule has 3 aromatic rings. The van der Waals surface area contributed by atoms with Crippen molar-refractivity contribution in [1.29, 1.82) is 0 Å². The summed E-state index contributed by atoms with van der Waals surface area (Å²) in [7, 11) is 4.83. The standard InChI is InChI=1S/C33H45N4O2/c1-36(22-7-8-23-36)26-12-20-34-28-14-3-5-16-30(28)38-32(34)18-11-19-33-35(29-15-4-6-17-31(29)39-33)21-13-27-37(2)24-9-10-25-37/h3-6,11,14-19H,7-10,12-13,20-27H2,1-2H3/q+3. The lowest BCUT2D eigenvalue weighted by molar-refractivity contribution is -0.899. The predicted molar refractivity (Wildman–Crippen MR) is 157 cm³/mol. The summed E-state index contributed by atoms with van der Waals surface area (Å²) in [6.07, 6.45) is 14.0. The fraction of sp³-hybridized carbons (Fsp3) is 0.485. The fourth-order valence-corrected chi connectivity index (χ4v) is 6.89. The molecule has 0 aliphatic carbocycles. The lowest BCUT2D eigenvalue weighted by atomic mass is 10.2. The minimum Gasteiger partial charge on any atom is -0.439 e. The number of benzene rings is 2. The number of fused-ring (bicyclic) bond motifs is 2. The molecule has 206 valence electrons. The van der Waals surface area contributed by atoms with E-state index in [1.54, 1.807) is 0 Å². The van der Waals surface area contributed by atoms with E-state index in [2.05, 4.69) is 78.2 Å². The number of hydrogen-bond acceptors (Lipinski definition) is 3. The van der Waals surface area contributed by atoms with Gasteiger partial charge in [0.2, 0.25) is 11.5 Å². The number of anilines is 1. The first-order valence-electron chi connectivity index (χ1n) is 15.0. The monoisotopic (exact) mass is 529 g/mol. The number of allylic oxidation sites excluding steroid dienone is 2. The van der Waals surface area contributed by atoms with Gasteiger partial charge in [0, 0.05) is 44.7 Å². The number of oxazole rings is 1. The molecule has 0 bridgehead atoms. The molecule has 0 N–H and O–H groups in total. The van der Waals surface area contributed by atoms with Gasteiger partial charge in [0.15, 0.2) is 12.3 Å². The van der Waals surface area contributed by atoms with Crippen LogP contribution in [0.4, 0.5) is 5.69 Å². The summed E-state index contributed by atoms with van der Waals surface area (Å²) in [4.78, 5) is 2.34. The van der Waals surface area contributed by atoms with Crippen LogP contribution >= 0.6 is 0 Å². The minimum atomic E-state index is 0.894. The number of quaternary nitrogens is 2. The SMILES string of the molecule is C[N+]1(CCCN2/C(=C\C=C\c3oc4ccccc4[n+]3CCC[N+]3(C)CCCC3)Oc3ccccc32)CCCC1. The quantitative estimate of drug-likeness (QED) is 0.248. The van der Waals surface area contributed by atoms with Crippen LogP contribution in [0.3, 0.4) is 0 Å². The summed E-state index contributed by atoms with van der Waals surface area (Å²) in [5.41, 5.74) is 3.27. The van der Waals surface area contributed by atoms with Gasteiger partial charge < -0.3 is 23.0 Å². The van der Waals surface area contributed by atoms with E-state index in [-0.39, 0.29) is 0 Å². The molecule has 0 amide bonds. The number of hydrogen-bond donors (Lipinski definition) is 0. The molecular formula is C33H45N4O2+3. The molecule has 0 atom stereocenters. The molecule has 1 aromatic heterocycles. The zero-order valence-electron chi connectivity index (χ0n) is 23.9. The second-order valence-corrected chi connectivity index (χ2v) is 12.3. The van der Waals surface area contributed by atoms with Gasteiger partial charge in [0.25, 0.3) is 5.52 Å². The fourth-order valence-electron chi connectivity index (χ4n) is 6.89. The van der Waals surface area contributed by atoms with E-state index < -0.39 is 0 Å². The van der Waals surface area contributed by atoms with Gasteiger partial charge in [0.05, 0.1) is 71.5 Å². The lowest BCUT2D eigenvalue weighted by Gasteiger charge is -2.30. The molecule has 0 spiro atoms. The van der Waals surface area contributed by atoms with Crippen molar-refractivity contribution >= 4 is 22.9 Å². The summed E-state index contributed by atoms with van der Waals surface area (Å²) in [5.74, 6) is 2.73. The summed E-state index contributed by atoms with van der Waals surface area (Å²) < 4.78 is 17.4. The Labute approximate surface area is 233 Å². The summed E-state index contributed by atoms with van der Waals surface area (Å²) in [5, 5.41) is 0. The highest BCUT2D eigenvalue weighted by molar-refractivity contribution is 5.70. The van der Waals surface area contributed by atoms with Crippen molar-refractivity contribution < 1.29 is 22.7 Å². The second kappa shape index (κ2) is 11.2. The summed E-state index contributed by atoms with van der Waals surface area (Å²) in [6, 6.07) is 16.8. The van der Waals surface area contributed by atoms with E-state index in [0.29, 0.717) is 0 Å². The van der Waals surface area contributed by atoms with Crippen molar-refractivity contribution in [3.63, 3.8) is 0 Å². The third-order valence-corrected chi connectivity index (χ3v) is 9.20. The summed E-state index contributed by atoms with van der Waals surface area (Å²) in [6.45, 7) is 9.63. The van der Waals surface area contributed by atoms with Crippen LogP contribution in [0.15, 0.2) is 71.0 Å². The highest BCUT2D eigenvalue weighted by Crippen LogP contribution is 2.38. The molecule has 6 nitrogen and oxygen atoms in total. The van der Waals surface area contributed by atoms with Gasteiger partial charge in [-0.2, -0.15) is 4.57 Å². The molecule has 3 aliphatic heterocycles. The molecule has 4 heterocycles. The molecule has 39 heavy (non-hydrogen) atoms. The van der Waals surface area contributed by atoms with E-state index >= 15 is 0 Å². The summed E-state index contributed by atoms with van der Waals surface area (Å²) >= 11 is 0. The molecular weight excluding hydrogens is 484 g/mol. The van der Waals surface area contributed by atoms with Gasteiger partial charge in [-0.25, -0.2) is 0 Å². The van der Waals surface area contributed by atoms with Gasteiger partial charge in [-0.05, 0) is 30.4 Å². The number of rotatable bonds is 10. The maximum atomic E-state index is 6.32. The van der Waals surface area contributed by atoms with E-state index in [1.807, 2.05) is 12.1 Å². The van der Waals surface area contributed by atoms with Crippen molar-refractivity contribution in [2.45, 2.75) is 45.1 Å². The number of aromatic nitrogens is 1. The molecule has 3 aliphatic rings. The van der Waals surface area contributed by atoms with Gasteiger partial charge in [-0.1, -0.05) is 24.3 Å². The molecule has 0 saturated carbocycles. The topological polar surface area (TPSA) is 29.5 Å². The van der Waals surface area contributed by atoms with Gasteiger partial charge >= 0.3 is 5.89 Å². The van der Waals surface area contributed by atoms with Gasteiger partial charge in [0.1, 0.15) is 0 Å². The number of aryl methyl sites for hydroxylation is 1. The Morgan fingerprint density at radius 3 is 2.28 bits per heavy atom. The number of ether oxygens (including phenoxy) is 1. The third-order valence-electron chi connectivity index (χ3n) is 9.20. The van der Waals surface area contributed by atoms with Crippen LogP contribution in [0.5, 0.6) is 5.75 Å². The third kappa shape index (κ3) is 5.78. The van der Waals surface area contributed by atoms with Crippen LogP contribution in [0.1, 0.15) is 44.4 Å². The van der Waals surface area contributed by atoms with E-state index in [0.717, 1.165) is 49.0 Å². The maximum Gasteiger partial charge on any atom is 0.374 e. The largest absolute Gasteiger partial charge is 0.439 e. The smallest absolute Gasteiger partial charge is 0.374 e. The zero-order chi connectivity index (χ0) is 26.7. The van der Waals surface area contributed by atoms with E-state index in [9.17, 15) is 0 Å². The Hall–Kier alpha value is -3.09. The second-order valence-electron chi connectivity index (χ2n) is 12.3. The van der Waals surface area contributed by atoms with Crippen molar-refractivity contribution in [2.75, 3.05) is 64.8 Å². The lowest BCUT2D eigenvalue weighted by Crippen LogP contribution is -2.44. The molecule has 6 heteroatoms. The molecule has 0 unspecified atom stereocenters. The molecule has 2 saturated heterocycles.